The van der Waals surface area contributed by atoms with Gasteiger partial charge in [0.05, 0.1) is 19.2 Å². The molecule has 0 bridgehead atoms. The molecule has 0 aliphatic heterocycles. The number of carbonyl (C=O) groups is 1. The standard InChI is InChI=1S/C23H22N4O2/c1-15-12-17(8-9-20(15)29-3)13-21(28)25-19-7-4-6-18(14-19)22-16(2)27-11-5-10-24-23(27)26-22/h4-12,14H,13H2,1-3H3,(H,25,28). The fourth-order valence-electron chi connectivity index (χ4n) is 3.46. The van der Waals surface area contributed by atoms with Crippen LogP contribution < -0.4 is 10.1 Å². The number of hydrogen-bond acceptors (Lipinski definition) is 4. The Kier molecular flexibility index (Phi) is 4.99. The molecular weight excluding hydrogens is 364 g/mol. The molecule has 0 saturated heterocycles. The lowest BCUT2D eigenvalue weighted by molar-refractivity contribution is -0.115. The van der Waals surface area contributed by atoms with Gasteiger partial charge >= 0.3 is 0 Å². The minimum Gasteiger partial charge on any atom is -0.496 e. The maximum absolute atomic E-state index is 12.5. The van der Waals surface area contributed by atoms with E-state index in [1.807, 2.05) is 73.0 Å². The van der Waals surface area contributed by atoms with Crippen LogP contribution in [0, 0.1) is 13.8 Å². The average Bonchev–Trinajstić information content (AvgIpc) is 3.05. The molecule has 0 spiro atoms. The minimum absolute atomic E-state index is 0.0693. The molecule has 2 aromatic heterocycles. The molecule has 0 atom stereocenters. The largest absolute Gasteiger partial charge is 0.496 e. The number of ether oxygens (including phenoxy) is 1. The van der Waals surface area contributed by atoms with E-state index in [-0.39, 0.29) is 5.91 Å². The van der Waals surface area contributed by atoms with Gasteiger partial charge in [-0.3, -0.25) is 9.20 Å². The number of nitrogens with one attached hydrogen (secondary N) is 1. The molecule has 0 unspecified atom stereocenters. The number of carbonyl (C=O) groups excluding carboxylic acids is 1. The number of aryl methyl sites for hydroxylation is 2. The monoisotopic (exact) mass is 386 g/mol. The molecule has 0 aliphatic carbocycles. The Morgan fingerprint density at radius 2 is 2.00 bits per heavy atom. The Morgan fingerprint density at radius 1 is 1.14 bits per heavy atom. The summed E-state index contributed by atoms with van der Waals surface area (Å²) in [5.41, 5.74) is 5.49. The van der Waals surface area contributed by atoms with E-state index in [0.29, 0.717) is 12.2 Å². The Balaban J connectivity index is 1.53. The highest BCUT2D eigenvalue weighted by atomic mass is 16.5. The van der Waals surface area contributed by atoms with Crippen LogP contribution in [0.2, 0.25) is 0 Å². The van der Waals surface area contributed by atoms with Gasteiger partial charge in [-0.05, 0) is 49.2 Å². The van der Waals surface area contributed by atoms with E-state index in [1.54, 1.807) is 13.3 Å². The van der Waals surface area contributed by atoms with E-state index in [1.165, 1.54) is 0 Å². The molecule has 4 aromatic rings. The van der Waals surface area contributed by atoms with E-state index < -0.39 is 0 Å². The first-order chi connectivity index (χ1) is 14.0. The first-order valence-corrected chi connectivity index (χ1v) is 9.38. The van der Waals surface area contributed by atoms with Gasteiger partial charge in [-0.2, -0.15) is 0 Å². The number of imidazole rings is 1. The van der Waals surface area contributed by atoms with Gasteiger partial charge in [0.25, 0.3) is 0 Å². The van der Waals surface area contributed by atoms with Gasteiger partial charge in [-0.25, -0.2) is 9.97 Å². The van der Waals surface area contributed by atoms with Gasteiger partial charge in [0.15, 0.2) is 0 Å². The van der Waals surface area contributed by atoms with Crippen molar-refractivity contribution in [3.05, 3.63) is 77.7 Å². The van der Waals surface area contributed by atoms with E-state index in [0.717, 1.165) is 39.5 Å². The number of benzene rings is 2. The van der Waals surface area contributed by atoms with Crippen molar-refractivity contribution in [1.82, 2.24) is 14.4 Å². The van der Waals surface area contributed by atoms with Crippen LogP contribution in [0.15, 0.2) is 60.9 Å². The third-order valence-electron chi connectivity index (χ3n) is 4.89. The Labute approximate surface area is 169 Å². The maximum Gasteiger partial charge on any atom is 0.234 e. The van der Waals surface area contributed by atoms with Crippen molar-refractivity contribution in [3.8, 4) is 17.0 Å². The van der Waals surface area contributed by atoms with Crippen LogP contribution in [-0.2, 0) is 11.2 Å². The molecule has 0 fully saturated rings. The zero-order valence-electron chi connectivity index (χ0n) is 16.6. The Bertz CT molecular complexity index is 1200. The van der Waals surface area contributed by atoms with Crippen LogP contribution in [0.1, 0.15) is 16.8 Å². The topological polar surface area (TPSA) is 68.5 Å². The van der Waals surface area contributed by atoms with E-state index in [2.05, 4.69) is 15.3 Å². The summed E-state index contributed by atoms with van der Waals surface area (Å²) in [6.45, 7) is 3.98. The van der Waals surface area contributed by atoms with Crippen molar-refractivity contribution < 1.29 is 9.53 Å². The first kappa shape index (κ1) is 18.7. The van der Waals surface area contributed by atoms with Crippen molar-refractivity contribution in [2.24, 2.45) is 0 Å². The second-order valence-electron chi connectivity index (χ2n) is 6.95. The van der Waals surface area contributed by atoms with Gasteiger partial charge in [0, 0.05) is 29.3 Å². The van der Waals surface area contributed by atoms with Crippen molar-refractivity contribution >= 4 is 17.4 Å². The van der Waals surface area contributed by atoms with Crippen LogP contribution in [0.4, 0.5) is 5.69 Å². The van der Waals surface area contributed by atoms with E-state index in [9.17, 15) is 4.79 Å². The fraction of sp³-hybridized carbons (Fsp3) is 0.174. The van der Waals surface area contributed by atoms with Gasteiger partial charge in [-0.15, -0.1) is 0 Å². The summed E-state index contributed by atoms with van der Waals surface area (Å²) < 4.78 is 7.23. The highest BCUT2D eigenvalue weighted by Gasteiger charge is 2.12. The molecular formula is C23H22N4O2. The molecule has 146 valence electrons. The van der Waals surface area contributed by atoms with Gasteiger partial charge in [-0.1, -0.05) is 24.3 Å². The second-order valence-corrected chi connectivity index (χ2v) is 6.95. The minimum atomic E-state index is -0.0693. The maximum atomic E-state index is 12.5. The summed E-state index contributed by atoms with van der Waals surface area (Å²) in [6.07, 6.45) is 3.96. The average molecular weight is 386 g/mol. The molecule has 0 aliphatic rings. The van der Waals surface area contributed by atoms with Crippen LogP contribution in [0.25, 0.3) is 17.0 Å². The van der Waals surface area contributed by atoms with E-state index in [4.69, 9.17) is 4.74 Å². The van der Waals surface area contributed by atoms with E-state index >= 15 is 0 Å². The zero-order chi connectivity index (χ0) is 20.4. The normalized spacial score (nSPS) is 10.9. The molecule has 29 heavy (non-hydrogen) atoms. The summed E-state index contributed by atoms with van der Waals surface area (Å²) in [6, 6.07) is 15.4. The first-order valence-electron chi connectivity index (χ1n) is 9.38. The number of rotatable bonds is 5. The number of amides is 1. The number of fused-ring (bicyclic) bond motifs is 1. The lowest BCUT2D eigenvalue weighted by Gasteiger charge is -2.09. The van der Waals surface area contributed by atoms with Gasteiger partial charge < -0.3 is 10.1 Å². The predicted octanol–water partition coefficient (Wildman–Crippen LogP) is 4.20. The quantitative estimate of drug-likeness (QED) is 0.558. The highest BCUT2D eigenvalue weighted by molar-refractivity contribution is 5.93. The van der Waals surface area contributed by atoms with Gasteiger partial charge in [0.1, 0.15) is 5.75 Å². The van der Waals surface area contributed by atoms with Crippen LogP contribution in [-0.4, -0.2) is 27.4 Å². The number of methoxy groups -OCH3 is 1. The zero-order valence-corrected chi connectivity index (χ0v) is 16.6. The van der Waals surface area contributed by atoms with Crippen LogP contribution >= 0.6 is 0 Å². The van der Waals surface area contributed by atoms with Crippen LogP contribution in [0.5, 0.6) is 5.75 Å². The molecule has 2 aromatic carbocycles. The van der Waals surface area contributed by atoms with Gasteiger partial charge in [0.2, 0.25) is 11.7 Å². The third kappa shape index (κ3) is 3.82. The number of aromatic nitrogens is 3. The van der Waals surface area contributed by atoms with Crippen molar-refractivity contribution in [2.45, 2.75) is 20.3 Å². The summed E-state index contributed by atoms with van der Waals surface area (Å²) in [5.74, 6) is 1.41. The summed E-state index contributed by atoms with van der Waals surface area (Å²) in [4.78, 5) is 21.5. The fourth-order valence-corrected chi connectivity index (χ4v) is 3.46. The van der Waals surface area contributed by atoms with Crippen molar-refractivity contribution in [3.63, 3.8) is 0 Å². The smallest absolute Gasteiger partial charge is 0.234 e. The SMILES string of the molecule is COc1ccc(CC(=O)Nc2cccc(-c3nc4ncccn4c3C)c2)cc1C. The highest BCUT2D eigenvalue weighted by Crippen LogP contribution is 2.26. The Morgan fingerprint density at radius 3 is 2.76 bits per heavy atom. The second kappa shape index (κ2) is 7.75. The molecule has 1 N–H and O–H groups in total. The number of hydrogen-bond donors (Lipinski definition) is 1. The molecule has 1 amide bonds. The molecule has 0 radical (unpaired) electrons. The van der Waals surface area contributed by atoms with Crippen LogP contribution in [0.3, 0.4) is 0 Å². The molecule has 0 saturated carbocycles. The summed E-state index contributed by atoms with van der Waals surface area (Å²) in [5, 5.41) is 2.98. The number of anilines is 1. The Hall–Kier alpha value is -3.67. The molecule has 4 rings (SSSR count). The molecule has 2 heterocycles. The predicted molar refractivity (Wildman–Crippen MR) is 113 cm³/mol. The lowest BCUT2D eigenvalue weighted by Crippen LogP contribution is -2.14. The molecule has 6 heteroatoms. The summed E-state index contributed by atoms with van der Waals surface area (Å²) >= 11 is 0. The molecule has 6 nitrogen and oxygen atoms in total. The number of nitrogens with zero attached hydrogens (tertiary/aromatic N) is 3. The third-order valence-corrected chi connectivity index (χ3v) is 4.89. The lowest BCUT2D eigenvalue weighted by atomic mass is 10.1. The van der Waals surface area contributed by atoms with Crippen molar-refractivity contribution in [1.29, 1.82) is 0 Å². The summed E-state index contributed by atoms with van der Waals surface area (Å²) in [7, 11) is 1.64. The van der Waals surface area contributed by atoms with Crippen molar-refractivity contribution in [2.75, 3.05) is 12.4 Å².